The van der Waals surface area contributed by atoms with Gasteiger partial charge in [0.15, 0.2) is 0 Å². The largest absolute Gasteiger partial charge is 0.456 e. The van der Waals surface area contributed by atoms with E-state index < -0.39 is 0 Å². The minimum absolute atomic E-state index is 0.824. The van der Waals surface area contributed by atoms with Crippen LogP contribution in [0.1, 0.15) is 11.1 Å². The molecular weight excluding hydrogens is 1040 g/mol. The smallest absolute Gasteiger partial charge is 0.142 e. The van der Waals surface area contributed by atoms with E-state index in [-0.39, 0.29) is 0 Å². The normalized spacial score (nSPS) is 12.4. The zero-order valence-corrected chi connectivity index (χ0v) is 45.3. The number of benzene rings is 13. The van der Waals surface area contributed by atoms with Crippen LogP contribution in [0.3, 0.4) is 0 Å². The molecule has 0 aliphatic carbocycles. The fraction of sp³-hybridized carbons (Fsp3) is 0.0263. The fourth-order valence-corrected chi connectivity index (χ4v) is 13.7. The first-order valence-corrected chi connectivity index (χ1v) is 28.3. The molecule has 0 N–H and O–H groups in total. The lowest BCUT2D eigenvalue weighted by Gasteiger charge is -2.26. The summed E-state index contributed by atoms with van der Waals surface area (Å²) in [6.45, 7) is 4.34. The highest BCUT2D eigenvalue weighted by atomic mass is 16.4. The number of rotatable bonds is 6. The maximum Gasteiger partial charge on any atom is 0.142 e. The minimum atomic E-state index is 0.824. The molecule has 19 rings (SSSR count). The predicted octanol–water partition coefficient (Wildman–Crippen LogP) is 22.9. The lowest BCUT2D eigenvalue weighted by Crippen LogP contribution is -2.09. The van der Waals surface area contributed by atoms with Gasteiger partial charge >= 0.3 is 0 Å². The van der Waals surface area contributed by atoms with Crippen LogP contribution in [0, 0.1) is 13.8 Å². The topological polar surface area (TPSA) is 85.3 Å². The van der Waals surface area contributed by atoms with Gasteiger partial charge < -0.3 is 36.3 Å². The molecule has 0 unspecified atom stereocenters. The molecule has 0 saturated heterocycles. The molecule has 0 aliphatic rings. The zero-order valence-electron chi connectivity index (χ0n) is 45.3. The number of furan rings is 6. The van der Waals surface area contributed by atoms with Gasteiger partial charge in [0.2, 0.25) is 0 Å². The van der Waals surface area contributed by atoms with Crippen LogP contribution in [0.15, 0.2) is 257 Å². The predicted molar refractivity (Wildman–Crippen MR) is 344 cm³/mol. The Morgan fingerprint density at radius 3 is 0.857 bits per heavy atom. The molecule has 0 amide bonds. The summed E-state index contributed by atoms with van der Waals surface area (Å²) >= 11 is 0. The number of nitrogens with zero attached hydrogens (tertiary/aromatic N) is 2. The monoisotopic (exact) mass is 1080 g/mol. The summed E-state index contributed by atoms with van der Waals surface area (Å²) in [5.41, 5.74) is 18.3. The Kier molecular flexibility index (Phi) is 9.04. The molecule has 0 radical (unpaired) electrons. The average molecular weight is 1080 g/mol. The summed E-state index contributed by atoms with van der Waals surface area (Å²) in [7, 11) is 0. The molecule has 8 heteroatoms. The van der Waals surface area contributed by atoms with Crippen molar-refractivity contribution < 1.29 is 26.5 Å². The Labute approximate surface area is 476 Å². The van der Waals surface area contributed by atoms with Gasteiger partial charge in [-0.2, -0.15) is 0 Å². The number of hydrogen-bond donors (Lipinski definition) is 0. The van der Waals surface area contributed by atoms with E-state index in [2.05, 4.69) is 206 Å². The van der Waals surface area contributed by atoms with Crippen molar-refractivity contribution in [2.75, 3.05) is 9.80 Å². The second-order valence-electron chi connectivity index (χ2n) is 22.4. The Hall–Kier alpha value is -11.2. The highest BCUT2D eigenvalue weighted by Gasteiger charge is 2.25. The molecule has 13 aromatic carbocycles. The van der Waals surface area contributed by atoms with Crippen LogP contribution in [0.5, 0.6) is 0 Å². The van der Waals surface area contributed by atoms with Gasteiger partial charge in [-0.15, -0.1) is 0 Å². The molecule has 0 bridgehead atoms. The standard InChI is InChI=1S/C76H44N2O6/c1-41-73-61-33-43-19-21-47(77(49-23-27-67-57(37-49)53-11-3-7-15-63(53)79-67)50-24-28-68-58(38-50)54-12-4-8-16-64(54)80-68)31-45(43)35-71(61)83-75(73)42(2)76-74(41)62-34-44-20-22-48(32-46(44)36-72(62)84-76)78(51-25-29-69-59(39-51)55-13-5-9-17-65(55)81-69)52-26-30-70-60(40-52)56-14-6-10-18-66(56)82-70/h3-40H,1-2H3. The maximum absolute atomic E-state index is 6.99. The summed E-state index contributed by atoms with van der Waals surface area (Å²) in [5, 5.41) is 17.3. The van der Waals surface area contributed by atoms with E-state index in [0.717, 1.165) is 198 Å². The second-order valence-corrected chi connectivity index (χ2v) is 22.4. The van der Waals surface area contributed by atoms with E-state index in [1.54, 1.807) is 0 Å². The minimum Gasteiger partial charge on any atom is -0.456 e. The van der Waals surface area contributed by atoms with E-state index in [0.29, 0.717) is 0 Å². The van der Waals surface area contributed by atoms with Crippen molar-refractivity contribution in [1.29, 1.82) is 0 Å². The van der Waals surface area contributed by atoms with Crippen molar-refractivity contribution in [1.82, 2.24) is 0 Å². The summed E-state index contributed by atoms with van der Waals surface area (Å²) < 4.78 is 39.2. The third kappa shape index (κ3) is 6.47. The van der Waals surface area contributed by atoms with Gasteiger partial charge in [-0.05, 0) is 187 Å². The number of hydrogen-bond acceptors (Lipinski definition) is 8. The van der Waals surface area contributed by atoms with Crippen LogP contribution in [-0.4, -0.2) is 0 Å². The Morgan fingerprint density at radius 1 is 0.214 bits per heavy atom. The third-order valence-electron chi connectivity index (χ3n) is 17.7. The van der Waals surface area contributed by atoms with E-state index >= 15 is 0 Å². The van der Waals surface area contributed by atoms with Gasteiger partial charge in [0.1, 0.15) is 67.0 Å². The van der Waals surface area contributed by atoms with Crippen molar-refractivity contribution in [2.45, 2.75) is 13.8 Å². The van der Waals surface area contributed by atoms with Crippen LogP contribution >= 0.6 is 0 Å². The lowest BCUT2D eigenvalue weighted by atomic mass is 9.96. The van der Waals surface area contributed by atoms with Crippen LogP contribution in [0.2, 0.25) is 0 Å². The van der Waals surface area contributed by atoms with E-state index in [1.807, 2.05) is 48.5 Å². The molecule has 0 fully saturated rings. The van der Waals surface area contributed by atoms with Gasteiger partial charge in [-0.25, -0.2) is 0 Å². The van der Waals surface area contributed by atoms with E-state index in [1.165, 1.54) is 0 Å². The number of fused-ring (bicyclic) bond motifs is 20. The zero-order chi connectivity index (χ0) is 55.1. The average Bonchev–Trinajstić information content (AvgIpc) is 4.08. The van der Waals surface area contributed by atoms with Gasteiger partial charge in [-0.1, -0.05) is 84.9 Å². The molecule has 394 valence electrons. The first-order chi connectivity index (χ1) is 41.4. The lowest BCUT2D eigenvalue weighted by molar-refractivity contribution is 0.651. The van der Waals surface area contributed by atoms with Crippen LogP contribution in [0.4, 0.5) is 34.1 Å². The van der Waals surface area contributed by atoms with Gasteiger partial charge in [0, 0.05) is 104 Å². The molecule has 6 heterocycles. The highest BCUT2D eigenvalue weighted by molar-refractivity contribution is 6.23. The number of anilines is 6. The molecule has 0 aliphatic heterocycles. The molecule has 0 spiro atoms. The first kappa shape index (κ1) is 45.5. The van der Waals surface area contributed by atoms with Crippen molar-refractivity contribution in [2.24, 2.45) is 0 Å². The quantitative estimate of drug-likeness (QED) is 0.163. The van der Waals surface area contributed by atoms with Gasteiger partial charge in [0.05, 0.1) is 0 Å². The van der Waals surface area contributed by atoms with E-state index in [9.17, 15) is 0 Å². The van der Waals surface area contributed by atoms with Crippen molar-refractivity contribution in [3.05, 3.63) is 242 Å². The third-order valence-corrected chi connectivity index (χ3v) is 17.7. The summed E-state index contributed by atoms with van der Waals surface area (Å²) in [6, 6.07) is 81.2. The first-order valence-electron chi connectivity index (χ1n) is 28.3. The van der Waals surface area contributed by atoms with Crippen LogP contribution < -0.4 is 9.80 Å². The molecule has 6 aromatic heterocycles. The summed E-state index contributed by atoms with van der Waals surface area (Å²) in [5.74, 6) is 0. The molecular formula is C76H44N2O6. The van der Waals surface area contributed by atoms with Crippen LogP contribution in [-0.2, 0) is 0 Å². The summed E-state index contributed by atoms with van der Waals surface area (Å²) in [4.78, 5) is 4.65. The number of aryl methyl sites for hydroxylation is 2. The van der Waals surface area contributed by atoms with Gasteiger partial charge in [-0.3, -0.25) is 0 Å². The van der Waals surface area contributed by atoms with Gasteiger partial charge in [0.25, 0.3) is 0 Å². The molecule has 19 aromatic rings. The molecule has 0 saturated carbocycles. The second kappa shape index (κ2) is 16.7. The molecule has 84 heavy (non-hydrogen) atoms. The molecule has 0 atom stereocenters. The number of para-hydroxylation sites is 4. The van der Waals surface area contributed by atoms with Crippen molar-refractivity contribution in [3.8, 4) is 0 Å². The van der Waals surface area contributed by atoms with E-state index in [4.69, 9.17) is 26.5 Å². The Bertz CT molecular complexity index is 5470. The molecule has 8 nitrogen and oxygen atoms in total. The Balaban J connectivity index is 0.742. The Morgan fingerprint density at radius 2 is 0.512 bits per heavy atom. The SMILES string of the molecule is Cc1c2oc3cc4cc(N(c5ccc6oc7ccccc7c6c5)c5ccc6oc7ccccc7c6c5)ccc4cc3c2c(C)c2c1oc1cc3cc(N(c4ccc5oc6ccccc6c5c4)c4ccc5oc6ccccc6c5c4)ccc3cc12. The van der Waals surface area contributed by atoms with Crippen molar-refractivity contribution >= 4 is 187 Å². The highest BCUT2D eigenvalue weighted by Crippen LogP contribution is 2.48. The maximum atomic E-state index is 6.99. The van der Waals surface area contributed by atoms with Crippen LogP contribution in [0.25, 0.3) is 153 Å². The fourth-order valence-electron chi connectivity index (χ4n) is 13.7. The van der Waals surface area contributed by atoms with Crippen molar-refractivity contribution in [3.63, 3.8) is 0 Å². The summed E-state index contributed by atoms with van der Waals surface area (Å²) in [6.07, 6.45) is 0.